The van der Waals surface area contributed by atoms with Gasteiger partial charge >= 0.3 is 0 Å². The maximum Gasteiger partial charge on any atom is 0.185 e. The molecule has 2 N–H and O–H groups in total. The third kappa shape index (κ3) is 3.93. The molecule has 114 valence electrons. The summed E-state index contributed by atoms with van der Waals surface area (Å²) >= 11 is 1.74. The minimum atomic E-state index is -0.538. The van der Waals surface area contributed by atoms with Gasteiger partial charge in [-0.05, 0) is 32.6 Å². The van der Waals surface area contributed by atoms with Crippen molar-refractivity contribution in [1.82, 2.24) is 10.3 Å². The van der Waals surface area contributed by atoms with E-state index in [0.29, 0.717) is 12.6 Å². The van der Waals surface area contributed by atoms with Crippen molar-refractivity contribution >= 4 is 16.5 Å². The van der Waals surface area contributed by atoms with Crippen LogP contribution in [-0.2, 0) is 0 Å². The van der Waals surface area contributed by atoms with E-state index in [4.69, 9.17) is 0 Å². The Kier molecular flexibility index (Phi) is 5.41. The van der Waals surface area contributed by atoms with E-state index in [1.165, 1.54) is 0 Å². The highest BCUT2D eigenvalue weighted by Gasteiger charge is 2.25. The van der Waals surface area contributed by atoms with Crippen LogP contribution in [-0.4, -0.2) is 41.4 Å². The molecule has 0 saturated carbocycles. The monoisotopic (exact) mass is 297 g/mol. The smallest absolute Gasteiger partial charge is 0.185 e. The number of nitrogens with zero attached hydrogens (tertiary/aromatic N) is 2. The fourth-order valence-electron chi connectivity index (χ4n) is 2.60. The summed E-state index contributed by atoms with van der Waals surface area (Å²) in [5.41, 5.74) is 0.574. The van der Waals surface area contributed by atoms with Gasteiger partial charge in [0.05, 0.1) is 11.3 Å². The maximum absolute atomic E-state index is 10.3. The molecule has 1 aliphatic rings. The summed E-state index contributed by atoms with van der Waals surface area (Å²) in [4.78, 5) is 6.93. The van der Waals surface area contributed by atoms with Crippen molar-refractivity contribution in [3.8, 4) is 0 Å². The number of hydrogen-bond acceptors (Lipinski definition) is 5. The first-order chi connectivity index (χ1) is 9.56. The molecule has 1 saturated heterocycles. The lowest BCUT2D eigenvalue weighted by molar-refractivity contribution is 0.0291. The van der Waals surface area contributed by atoms with Gasteiger partial charge in [0.15, 0.2) is 5.13 Å². The van der Waals surface area contributed by atoms with Crippen LogP contribution in [0.15, 0.2) is 5.38 Å². The van der Waals surface area contributed by atoms with Gasteiger partial charge in [-0.15, -0.1) is 11.3 Å². The van der Waals surface area contributed by atoms with E-state index in [-0.39, 0.29) is 0 Å². The summed E-state index contributed by atoms with van der Waals surface area (Å²) < 4.78 is 0. The Bertz CT molecular complexity index is 409. The van der Waals surface area contributed by atoms with E-state index in [1.807, 2.05) is 6.92 Å². The van der Waals surface area contributed by atoms with E-state index in [9.17, 15) is 5.11 Å². The topological polar surface area (TPSA) is 48.4 Å². The third-order valence-electron chi connectivity index (χ3n) is 4.41. The molecule has 1 fully saturated rings. The number of thiazole rings is 1. The van der Waals surface area contributed by atoms with E-state index in [2.05, 4.69) is 34.4 Å². The number of rotatable bonds is 6. The molecule has 1 aliphatic heterocycles. The fourth-order valence-corrected chi connectivity index (χ4v) is 3.45. The van der Waals surface area contributed by atoms with Crippen molar-refractivity contribution in [3.05, 3.63) is 11.1 Å². The predicted molar refractivity (Wildman–Crippen MR) is 85.6 cm³/mol. The van der Waals surface area contributed by atoms with Gasteiger partial charge in [0, 0.05) is 31.1 Å². The van der Waals surface area contributed by atoms with E-state index < -0.39 is 5.60 Å². The summed E-state index contributed by atoms with van der Waals surface area (Å²) in [5, 5.41) is 17.1. The summed E-state index contributed by atoms with van der Waals surface area (Å²) in [6.45, 7) is 8.98. The lowest BCUT2D eigenvalue weighted by Crippen LogP contribution is -2.48. The zero-order valence-electron chi connectivity index (χ0n) is 12.9. The highest BCUT2D eigenvalue weighted by Crippen LogP contribution is 2.24. The molecule has 0 atom stereocenters. The molecule has 2 heterocycles. The molecule has 0 amide bonds. The Labute approximate surface area is 126 Å². The fraction of sp³-hybridized carbons (Fsp3) is 0.800. The molecule has 4 nitrogen and oxygen atoms in total. The highest BCUT2D eigenvalue weighted by atomic mass is 32.1. The standard InChI is InChI=1S/C15H27N3OS/c1-4-15(19,5-2)11-16-13-6-8-18(9-7-13)14-17-12(3)10-20-14/h10,13,16,19H,4-9,11H2,1-3H3. The van der Waals surface area contributed by atoms with Crippen LogP contribution in [0.5, 0.6) is 0 Å². The normalized spacial score (nSPS) is 17.7. The van der Waals surface area contributed by atoms with Crippen LogP contribution in [0.25, 0.3) is 0 Å². The van der Waals surface area contributed by atoms with Crippen LogP contribution >= 0.6 is 11.3 Å². The Morgan fingerprint density at radius 1 is 1.40 bits per heavy atom. The van der Waals surface area contributed by atoms with Crippen molar-refractivity contribution in [2.45, 2.75) is 58.1 Å². The lowest BCUT2D eigenvalue weighted by Gasteiger charge is -2.34. The molecule has 20 heavy (non-hydrogen) atoms. The molecule has 0 spiro atoms. The molecular weight excluding hydrogens is 270 g/mol. The molecule has 0 bridgehead atoms. The van der Waals surface area contributed by atoms with Crippen molar-refractivity contribution in [1.29, 1.82) is 0 Å². The van der Waals surface area contributed by atoms with Gasteiger partial charge in [0.25, 0.3) is 0 Å². The largest absolute Gasteiger partial charge is 0.389 e. The maximum atomic E-state index is 10.3. The van der Waals surface area contributed by atoms with Gasteiger partial charge in [0.1, 0.15) is 0 Å². The molecule has 1 aromatic heterocycles. The number of piperidine rings is 1. The highest BCUT2D eigenvalue weighted by molar-refractivity contribution is 7.13. The predicted octanol–water partition coefficient (Wildman–Crippen LogP) is 2.56. The zero-order valence-corrected chi connectivity index (χ0v) is 13.7. The van der Waals surface area contributed by atoms with Crippen LogP contribution in [0, 0.1) is 6.92 Å². The lowest BCUT2D eigenvalue weighted by atomic mass is 9.96. The Balaban J connectivity index is 1.77. The van der Waals surface area contributed by atoms with Gasteiger partial charge < -0.3 is 15.3 Å². The van der Waals surface area contributed by atoms with Gasteiger partial charge in [-0.1, -0.05) is 13.8 Å². The quantitative estimate of drug-likeness (QED) is 0.847. The first-order valence-electron chi connectivity index (χ1n) is 7.69. The molecule has 0 unspecified atom stereocenters. The molecule has 2 rings (SSSR count). The minimum absolute atomic E-state index is 0.525. The number of aliphatic hydroxyl groups is 1. The number of aryl methyl sites for hydroxylation is 1. The van der Waals surface area contributed by atoms with Crippen LogP contribution in [0.1, 0.15) is 45.2 Å². The van der Waals surface area contributed by atoms with Gasteiger partial charge in [-0.2, -0.15) is 0 Å². The second-order valence-electron chi connectivity index (χ2n) is 5.85. The minimum Gasteiger partial charge on any atom is -0.389 e. The molecule has 1 aromatic rings. The zero-order chi connectivity index (χ0) is 14.6. The summed E-state index contributed by atoms with van der Waals surface area (Å²) in [5.74, 6) is 0. The summed E-state index contributed by atoms with van der Waals surface area (Å²) in [7, 11) is 0. The molecule has 0 radical (unpaired) electrons. The average molecular weight is 297 g/mol. The summed E-state index contributed by atoms with van der Waals surface area (Å²) in [6, 6.07) is 0.525. The summed E-state index contributed by atoms with van der Waals surface area (Å²) in [6.07, 6.45) is 3.88. The van der Waals surface area contributed by atoms with Crippen molar-refractivity contribution in [2.24, 2.45) is 0 Å². The number of aromatic nitrogens is 1. The second kappa shape index (κ2) is 6.87. The average Bonchev–Trinajstić information content (AvgIpc) is 2.92. The first-order valence-corrected chi connectivity index (χ1v) is 8.57. The molecule has 0 aliphatic carbocycles. The molecular formula is C15H27N3OS. The second-order valence-corrected chi connectivity index (χ2v) is 6.68. The van der Waals surface area contributed by atoms with E-state index in [0.717, 1.165) is 49.6 Å². The van der Waals surface area contributed by atoms with Crippen LogP contribution in [0.4, 0.5) is 5.13 Å². The van der Waals surface area contributed by atoms with Crippen molar-refractivity contribution in [3.63, 3.8) is 0 Å². The van der Waals surface area contributed by atoms with Crippen LogP contribution in [0.3, 0.4) is 0 Å². The SMILES string of the molecule is CCC(O)(CC)CNC1CCN(c2nc(C)cs2)CC1. The van der Waals surface area contributed by atoms with Crippen molar-refractivity contribution < 1.29 is 5.11 Å². The number of anilines is 1. The van der Waals surface area contributed by atoms with E-state index in [1.54, 1.807) is 11.3 Å². The van der Waals surface area contributed by atoms with E-state index >= 15 is 0 Å². The van der Waals surface area contributed by atoms with Gasteiger partial charge in [0.2, 0.25) is 0 Å². The first kappa shape index (κ1) is 15.7. The number of hydrogen-bond donors (Lipinski definition) is 2. The number of nitrogens with one attached hydrogen (secondary N) is 1. The van der Waals surface area contributed by atoms with Crippen LogP contribution in [0.2, 0.25) is 0 Å². The van der Waals surface area contributed by atoms with Crippen LogP contribution < -0.4 is 10.2 Å². The third-order valence-corrected chi connectivity index (χ3v) is 5.43. The van der Waals surface area contributed by atoms with Crippen molar-refractivity contribution in [2.75, 3.05) is 24.5 Å². The Hall–Kier alpha value is -0.650. The molecule has 5 heteroatoms. The van der Waals surface area contributed by atoms with Gasteiger partial charge in [-0.25, -0.2) is 4.98 Å². The van der Waals surface area contributed by atoms with Gasteiger partial charge in [-0.3, -0.25) is 0 Å². The molecule has 0 aromatic carbocycles. The Morgan fingerprint density at radius 3 is 2.55 bits per heavy atom. The Morgan fingerprint density at radius 2 is 2.05 bits per heavy atom.